The SMILES string of the molecule is OC(C1=C=C=C=C1)c1ccccc1. The molecule has 0 spiro atoms. The van der Waals surface area contributed by atoms with Crippen molar-refractivity contribution >= 4 is 0 Å². The molecule has 0 radical (unpaired) electrons. The minimum Gasteiger partial charge on any atom is -0.383 e. The van der Waals surface area contributed by atoms with Crippen LogP contribution in [0.25, 0.3) is 0 Å². The van der Waals surface area contributed by atoms with Crippen molar-refractivity contribution in [1.82, 2.24) is 0 Å². The smallest absolute Gasteiger partial charge is 0.112 e. The number of hydrogen-bond donors (Lipinski definition) is 1. The van der Waals surface area contributed by atoms with Gasteiger partial charge in [-0.25, -0.2) is 0 Å². The highest BCUT2D eigenvalue weighted by Crippen LogP contribution is 2.21. The van der Waals surface area contributed by atoms with Gasteiger partial charge < -0.3 is 5.11 Å². The van der Waals surface area contributed by atoms with E-state index in [1.54, 1.807) is 6.08 Å². The van der Waals surface area contributed by atoms with Gasteiger partial charge in [0.25, 0.3) is 0 Å². The summed E-state index contributed by atoms with van der Waals surface area (Å²) in [6.07, 6.45) is 1.08. The standard InChI is InChI=1S/C12H8O/c13-12(11-8-4-5-9-11)10-6-2-1-3-7-10/h1-3,6-8,12-13H. The molecular formula is C12H8O. The van der Waals surface area contributed by atoms with Crippen molar-refractivity contribution in [2.24, 2.45) is 0 Å². The van der Waals surface area contributed by atoms with Crippen molar-refractivity contribution < 1.29 is 5.11 Å². The third-order valence-corrected chi connectivity index (χ3v) is 1.92. The second-order valence-corrected chi connectivity index (χ2v) is 2.81. The zero-order valence-corrected chi connectivity index (χ0v) is 6.99. The lowest BCUT2D eigenvalue weighted by atomic mass is 10.0. The third-order valence-electron chi connectivity index (χ3n) is 1.92. The Kier molecular flexibility index (Phi) is 2.02. The van der Waals surface area contributed by atoms with Crippen molar-refractivity contribution in [2.75, 3.05) is 0 Å². The van der Waals surface area contributed by atoms with Crippen LogP contribution in [0.15, 0.2) is 59.2 Å². The first-order valence-electron chi connectivity index (χ1n) is 4.07. The minimum atomic E-state index is -0.608. The van der Waals surface area contributed by atoms with Crippen LogP contribution >= 0.6 is 0 Å². The average Bonchev–Trinajstić information content (AvgIpc) is 2.71. The van der Waals surface area contributed by atoms with Gasteiger partial charge >= 0.3 is 0 Å². The number of rotatable bonds is 2. The average molecular weight is 168 g/mol. The third kappa shape index (κ3) is 1.55. The fourth-order valence-electron chi connectivity index (χ4n) is 1.22. The number of aliphatic hydroxyl groups excluding tert-OH is 1. The fraction of sp³-hybridized carbons (Fsp3) is 0.0833. The van der Waals surface area contributed by atoms with Gasteiger partial charge in [-0.05, 0) is 11.3 Å². The molecule has 1 aliphatic carbocycles. The maximum atomic E-state index is 9.81. The Balaban J connectivity index is 2.29. The second-order valence-electron chi connectivity index (χ2n) is 2.81. The van der Waals surface area contributed by atoms with Gasteiger partial charge in [-0.1, -0.05) is 41.8 Å². The van der Waals surface area contributed by atoms with E-state index in [9.17, 15) is 5.11 Å². The molecule has 1 heteroatoms. The van der Waals surface area contributed by atoms with Gasteiger partial charge in [-0.3, -0.25) is 0 Å². The van der Waals surface area contributed by atoms with Crippen LogP contribution in [0, 0.1) is 0 Å². The zero-order chi connectivity index (χ0) is 9.10. The maximum absolute atomic E-state index is 9.81. The molecule has 0 heterocycles. The second kappa shape index (κ2) is 3.33. The van der Waals surface area contributed by atoms with E-state index in [1.165, 1.54) is 0 Å². The molecule has 0 saturated carbocycles. The van der Waals surface area contributed by atoms with Crippen molar-refractivity contribution in [3.63, 3.8) is 0 Å². The molecule has 0 bridgehead atoms. The Morgan fingerprint density at radius 1 is 1.15 bits per heavy atom. The van der Waals surface area contributed by atoms with Gasteiger partial charge in [0.2, 0.25) is 0 Å². The van der Waals surface area contributed by atoms with Crippen LogP contribution in [0.2, 0.25) is 0 Å². The highest BCUT2D eigenvalue weighted by Gasteiger charge is 2.10. The van der Waals surface area contributed by atoms with E-state index in [0.29, 0.717) is 5.57 Å². The molecule has 13 heavy (non-hydrogen) atoms. The van der Waals surface area contributed by atoms with Gasteiger partial charge in [0.1, 0.15) is 6.10 Å². The quantitative estimate of drug-likeness (QED) is 0.670. The molecule has 0 amide bonds. The lowest BCUT2D eigenvalue weighted by Gasteiger charge is -2.08. The molecule has 1 unspecified atom stereocenters. The summed E-state index contributed by atoms with van der Waals surface area (Å²) < 4.78 is 0. The van der Waals surface area contributed by atoms with Gasteiger partial charge in [0.05, 0.1) is 0 Å². The summed E-state index contributed by atoms with van der Waals surface area (Å²) in [5.74, 6) is 0. The molecule has 2 rings (SSSR count). The first-order valence-corrected chi connectivity index (χ1v) is 4.07. The monoisotopic (exact) mass is 168 g/mol. The van der Waals surface area contributed by atoms with Gasteiger partial charge in [0.15, 0.2) is 0 Å². The molecule has 0 saturated heterocycles. The van der Waals surface area contributed by atoms with Gasteiger partial charge in [-0.15, -0.1) is 0 Å². The summed E-state index contributed by atoms with van der Waals surface area (Å²) in [7, 11) is 0. The molecule has 0 fully saturated rings. The van der Waals surface area contributed by atoms with Crippen molar-refractivity contribution in [1.29, 1.82) is 0 Å². The Hall–Kier alpha value is -1.74. The fourth-order valence-corrected chi connectivity index (χ4v) is 1.22. The highest BCUT2D eigenvalue weighted by molar-refractivity contribution is 5.33. The molecule has 1 aliphatic rings. The van der Waals surface area contributed by atoms with Crippen LogP contribution < -0.4 is 0 Å². The molecule has 1 N–H and O–H groups in total. The summed E-state index contributed by atoms with van der Waals surface area (Å²) in [6, 6.07) is 9.48. The molecule has 0 aromatic heterocycles. The van der Waals surface area contributed by atoms with Crippen LogP contribution in [-0.4, -0.2) is 5.11 Å². The van der Waals surface area contributed by atoms with E-state index in [4.69, 9.17) is 0 Å². The lowest BCUT2D eigenvalue weighted by Crippen LogP contribution is -1.97. The van der Waals surface area contributed by atoms with E-state index >= 15 is 0 Å². The molecule has 1 aromatic rings. The first kappa shape index (κ1) is 7.89. The predicted molar refractivity (Wildman–Crippen MR) is 50.0 cm³/mol. The summed E-state index contributed by atoms with van der Waals surface area (Å²) >= 11 is 0. The van der Waals surface area contributed by atoms with E-state index in [-0.39, 0.29) is 0 Å². The first-order chi connectivity index (χ1) is 6.38. The number of benzene rings is 1. The minimum absolute atomic E-state index is 0.608. The zero-order valence-electron chi connectivity index (χ0n) is 6.99. The topological polar surface area (TPSA) is 20.2 Å². The summed E-state index contributed by atoms with van der Waals surface area (Å²) in [5.41, 5.74) is 9.80. The lowest BCUT2D eigenvalue weighted by molar-refractivity contribution is 0.220. The Morgan fingerprint density at radius 2 is 1.92 bits per heavy atom. The number of hydrogen-bond acceptors (Lipinski definition) is 1. The van der Waals surface area contributed by atoms with E-state index in [0.717, 1.165) is 5.56 Å². The highest BCUT2D eigenvalue weighted by atomic mass is 16.3. The maximum Gasteiger partial charge on any atom is 0.112 e. The van der Waals surface area contributed by atoms with E-state index in [1.807, 2.05) is 30.3 Å². The van der Waals surface area contributed by atoms with Crippen LogP contribution in [0.1, 0.15) is 11.7 Å². The summed E-state index contributed by atoms with van der Waals surface area (Å²) in [6.45, 7) is 0. The van der Waals surface area contributed by atoms with Crippen molar-refractivity contribution in [3.05, 3.63) is 64.7 Å². The van der Waals surface area contributed by atoms with E-state index in [2.05, 4.69) is 17.2 Å². The molecule has 1 aromatic carbocycles. The van der Waals surface area contributed by atoms with Crippen molar-refractivity contribution in [2.45, 2.75) is 6.10 Å². The van der Waals surface area contributed by atoms with Crippen LogP contribution in [0.4, 0.5) is 0 Å². The number of aliphatic hydroxyl groups is 1. The van der Waals surface area contributed by atoms with Crippen LogP contribution in [0.5, 0.6) is 0 Å². The Bertz CT molecular complexity index is 437. The Morgan fingerprint density at radius 3 is 2.54 bits per heavy atom. The molecule has 0 aliphatic heterocycles. The normalized spacial score (nSPS) is 14.7. The van der Waals surface area contributed by atoms with Crippen LogP contribution in [-0.2, 0) is 0 Å². The summed E-state index contributed by atoms with van der Waals surface area (Å²) in [4.78, 5) is 0. The van der Waals surface area contributed by atoms with Gasteiger partial charge in [0, 0.05) is 11.6 Å². The molecule has 62 valence electrons. The largest absolute Gasteiger partial charge is 0.383 e. The Labute approximate surface area is 76.7 Å². The molecule has 1 nitrogen and oxygen atoms in total. The predicted octanol–water partition coefficient (Wildman–Crippen LogP) is 2.13. The summed E-state index contributed by atoms with van der Waals surface area (Å²) in [5, 5.41) is 9.81. The molecule has 1 atom stereocenters. The van der Waals surface area contributed by atoms with Crippen molar-refractivity contribution in [3.8, 4) is 0 Å². The van der Waals surface area contributed by atoms with Gasteiger partial charge in [-0.2, -0.15) is 0 Å². The van der Waals surface area contributed by atoms with Crippen LogP contribution in [0.3, 0.4) is 0 Å². The van der Waals surface area contributed by atoms with E-state index < -0.39 is 6.10 Å². The molecular weight excluding hydrogens is 160 g/mol.